The number of benzene rings is 1. The molecule has 3 aliphatic carbocycles. The van der Waals surface area contributed by atoms with Crippen molar-refractivity contribution in [1.29, 1.82) is 0 Å². The van der Waals surface area contributed by atoms with Gasteiger partial charge in [0, 0.05) is 46.2 Å². The summed E-state index contributed by atoms with van der Waals surface area (Å²) in [6.45, 7) is 6.24. The van der Waals surface area contributed by atoms with Gasteiger partial charge in [0.2, 0.25) is 5.91 Å². The molecule has 0 unspecified atom stereocenters. The lowest BCUT2D eigenvalue weighted by Gasteiger charge is -2.48. The Morgan fingerprint density at radius 2 is 1.91 bits per heavy atom. The molecule has 7 rings (SSSR count). The molecule has 0 bridgehead atoms. The van der Waals surface area contributed by atoms with Gasteiger partial charge in [0.25, 0.3) is 0 Å². The smallest absolute Gasteiger partial charge is 0.232 e. The summed E-state index contributed by atoms with van der Waals surface area (Å²) in [7, 11) is 0. The Morgan fingerprint density at radius 1 is 1.16 bits per heavy atom. The van der Waals surface area contributed by atoms with Gasteiger partial charge < -0.3 is 15.0 Å². The minimum Gasteiger partial charge on any atom is -0.380 e. The van der Waals surface area contributed by atoms with Gasteiger partial charge in [-0.15, -0.1) is 0 Å². The van der Waals surface area contributed by atoms with Crippen LogP contribution in [-0.4, -0.2) is 42.7 Å². The van der Waals surface area contributed by atoms with Gasteiger partial charge in [-0.25, -0.2) is 4.98 Å². The summed E-state index contributed by atoms with van der Waals surface area (Å²) in [5.74, 6) is 1.47. The predicted molar refractivity (Wildman–Crippen MR) is 127 cm³/mol. The van der Waals surface area contributed by atoms with Crippen molar-refractivity contribution < 1.29 is 9.53 Å². The van der Waals surface area contributed by atoms with Crippen LogP contribution in [0.15, 0.2) is 29.3 Å². The third kappa shape index (κ3) is 3.24. The number of anilines is 2. The molecule has 1 aromatic heterocycles. The van der Waals surface area contributed by atoms with Gasteiger partial charge in [-0.3, -0.25) is 9.52 Å². The fourth-order valence-corrected chi connectivity index (χ4v) is 6.21. The first kappa shape index (κ1) is 19.6. The number of hydrogen-bond donors (Lipinski definition) is 2. The standard InChI is InChI=1S/C25H30N4O2S/c1-23(2-3-23)28-32-18-8-16-9-21(27-22(30)25-11-17(25)12-25)26-13-19(16)20(10-18)29-6-4-24(5-7-29)14-31-15-24/h8-10,13,17,28H,2-7,11-12,14-15H2,1H3,(H,26,27,30). The van der Waals surface area contributed by atoms with Crippen LogP contribution in [-0.2, 0) is 9.53 Å². The van der Waals surface area contributed by atoms with E-state index in [0.29, 0.717) is 17.2 Å². The van der Waals surface area contributed by atoms with Gasteiger partial charge in [-0.2, -0.15) is 0 Å². The van der Waals surface area contributed by atoms with Gasteiger partial charge in [-0.05, 0) is 86.9 Å². The molecule has 2 saturated heterocycles. The number of ether oxygens (including phenoxy) is 1. The molecule has 1 spiro atoms. The molecule has 7 heteroatoms. The van der Waals surface area contributed by atoms with Crippen LogP contribution < -0.4 is 14.9 Å². The maximum absolute atomic E-state index is 12.6. The Hall–Kier alpha value is -1.83. The van der Waals surface area contributed by atoms with E-state index in [2.05, 4.69) is 45.0 Å². The second-order valence-electron chi connectivity index (χ2n) is 11.2. The third-order valence-electron chi connectivity index (χ3n) is 8.56. The van der Waals surface area contributed by atoms with Crippen LogP contribution >= 0.6 is 11.9 Å². The first-order chi connectivity index (χ1) is 15.5. The van der Waals surface area contributed by atoms with Crippen molar-refractivity contribution in [3.8, 4) is 0 Å². The van der Waals surface area contributed by atoms with E-state index < -0.39 is 0 Å². The monoisotopic (exact) mass is 450 g/mol. The second kappa shape index (κ2) is 6.61. The lowest BCUT2D eigenvalue weighted by Crippen LogP contribution is -2.51. The Balaban J connectivity index is 1.19. The van der Waals surface area contributed by atoms with Crippen LogP contribution in [0.2, 0.25) is 0 Å². The summed E-state index contributed by atoms with van der Waals surface area (Å²) in [6.07, 6.45) is 8.92. The summed E-state index contributed by atoms with van der Waals surface area (Å²) in [4.78, 5) is 21.0. The predicted octanol–water partition coefficient (Wildman–Crippen LogP) is 4.35. The molecule has 3 heterocycles. The quantitative estimate of drug-likeness (QED) is 0.638. The fraction of sp³-hybridized carbons (Fsp3) is 0.600. The van der Waals surface area contributed by atoms with Crippen molar-refractivity contribution in [2.45, 2.75) is 55.9 Å². The highest BCUT2D eigenvalue weighted by molar-refractivity contribution is 7.97. The molecule has 2 N–H and O–H groups in total. The average molecular weight is 451 g/mol. The zero-order valence-electron chi connectivity index (χ0n) is 18.6. The molecule has 3 saturated carbocycles. The molecule has 0 atom stereocenters. The van der Waals surface area contributed by atoms with Crippen molar-refractivity contribution in [2.24, 2.45) is 16.7 Å². The van der Waals surface area contributed by atoms with Gasteiger partial charge in [0.15, 0.2) is 0 Å². The number of nitrogens with one attached hydrogen (secondary N) is 2. The van der Waals surface area contributed by atoms with E-state index in [4.69, 9.17) is 4.74 Å². The summed E-state index contributed by atoms with van der Waals surface area (Å²) in [5, 5.41) is 5.40. The molecule has 1 amide bonds. The third-order valence-corrected chi connectivity index (χ3v) is 9.63. The molecule has 5 fully saturated rings. The molecule has 0 radical (unpaired) electrons. The first-order valence-corrected chi connectivity index (χ1v) is 12.8. The van der Waals surface area contributed by atoms with Crippen LogP contribution in [0.1, 0.15) is 45.4 Å². The number of hydrogen-bond acceptors (Lipinski definition) is 6. The second-order valence-corrected chi connectivity index (χ2v) is 12.1. The molecule has 168 valence electrons. The van der Waals surface area contributed by atoms with Gasteiger partial charge in [0.05, 0.1) is 18.6 Å². The number of piperidine rings is 1. The van der Waals surface area contributed by atoms with Crippen molar-refractivity contribution in [1.82, 2.24) is 9.71 Å². The molecule has 32 heavy (non-hydrogen) atoms. The average Bonchev–Trinajstić information content (AvgIpc) is 3.67. The summed E-state index contributed by atoms with van der Waals surface area (Å²) < 4.78 is 9.17. The zero-order valence-corrected chi connectivity index (χ0v) is 19.4. The zero-order chi connectivity index (χ0) is 21.6. The molecule has 1 aromatic carbocycles. The molecule has 2 aliphatic heterocycles. The number of amides is 1. The Morgan fingerprint density at radius 3 is 2.53 bits per heavy atom. The van der Waals surface area contributed by atoms with Crippen molar-refractivity contribution in [3.63, 3.8) is 0 Å². The van der Waals surface area contributed by atoms with E-state index in [1.807, 2.05) is 6.20 Å². The minimum absolute atomic E-state index is 0.0435. The van der Waals surface area contributed by atoms with Crippen molar-refractivity contribution in [3.05, 3.63) is 24.4 Å². The maximum Gasteiger partial charge on any atom is 0.232 e. The highest BCUT2D eigenvalue weighted by Gasteiger charge is 2.74. The number of nitrogens with zero attached hydrogens (tertiary/aromatic N) is 2. The van der Waals surface area contributed by atoms with Crippen LogP contribution in [0, 0.1) is 16.7 Å². The SMILES string of the molecule is CC1(NSc2cc(N3CCC4(CC3)COC4)c3cnc(NC(=O)C45CC4C5)cc3c2)CC1. The van der Waals surface area contributed by atoms with E-state index in [1.54, 1.807) is 11.9 Å². The number of carbonyl (C=O) groups excluding carboxylic acids is 1. The number of rotatable bonds is 6. The van der Waals surface area contributed by atoms with Crippen LogP contribution in [0.25, 0.3) is 10.8 Å². The van der Waals surface area contributed by atoms with E-state index >= 15 is 0 Å². The van der Waals surface area contributed by atoms with Gasteiger partial charge in [-0.1, -0.05) is 0 Å². The van der Waals surface area contributed by atoms with Crippen molar-refractivity contribution in [2.75, 3.05) is 36.5 Å². The fourth-order valence-electron chi connectivity index (χ4n) is 5.29. The van der Waals surface area contributed by atoms with Gasteiger partial charge >= 0.3 is 0 Å². The highest BCUT2D eigenvalue weighted by Crippen LogP contribution is 2.75. The molecule has 6 nitrogen and oxygen atoms in total. The summed E-state index contributed by atoms with van der Waals surface area (Å²) >= 11 is 1.73. The number of fused-ring (bicyclic) bond motifs is 2. The lowest BCUT2D eigenvalue weighted by molar-refractivity contribution is -0.124. The normalized spacial score (nSPS) is 30.5. The van der Waals surface area contributed by atoms with Crippen molar-refractivity contribution >= 4 is 40.1 Å². The first-order valence-electron chi connectivity index (χ1n) is 12.0. The van der Waals surface area contributed by atoms with E-state index in [1.165, 1.54) is 41.7 Å². The van der Waals surface area contributed by atoms with E-state index in [0.717, 1.165) is 44.5 Å². The number of pyridine rings is 1. The Labute approximate surface area is 193 Å². The number of carbonyl (C=O) groups is 1. The molecule has 2 aromatic rings. The molecular formula is C25H30N4O2S. The van der Waals surface area contributed by atoms with Gasteiger partial charge in [0.1, 0.15) is 5.82 Å². The summed E-state index contributed by atoms with van der Waals surface area (Å²) in [5.41, 5.74) is 1.90. The van der Waals surface area contributed by atoms with Crippen LogP contribution in [0.3, 0.4) is 0 Å². The summed E-state index contributed by atoms with van der Waals surface area (Å²) in [6, 6.07) is 6.61. The Bertz CT molecular complexity index is 1110. The van der Waals surface area contributed by atoms with E-state index in [9.17, 15) is 4.79 Å². The lowest BCUT2D eigenvalue weighted by atomic mass is 9.76. The van der Waals surface area contributed by atoms with Crippen LogP contribution in [0.5, 0.6) is 0 Å². The van der Waals surface area contributed by atoms with E-state index in [-0.39, 0.29) is 16.9 Å². The maximum atomic E-state index is 12.6. The van der Waals surface area contributed by atoms with Crippen LogP contribution in [0.4, 0.5) is 11.5 Å². The largest absolute Gasteiger partial charge is 0.380 e. The molecule has 5 aliphatic rings. The minimum atomic E-state index is -0.0435. The number of aromatic nitrogens is 1. The molecular weight excluding hydrogens is 420 g/mol. The topological polar surface area (TPSA) is 66.5 Å². The highest BCUT2D eigenvalue weighted by atomic mass is 32.2. The Kier molecular flexibility index (Phi) is 4.05.